The summed E-state index contributed by atoms with van der Waals surface area (Å²) >= 11 is 0. The van der Waals surface area contributed by atoms with Crippen molar-refractivity contribution < 1.29 is 10.0 Å². The SMILES string of the molecule is [CH2]c1ccc(/C=C/C(=O)NO)cc1. The lowest BCUT2D eigenvalue weighted by Gasteiger charge is -1.93. The van der Waals surface area contributed by atoms with E-state index >= 15 is 0 Å². The highest BCUT2D eigenvalue weighted by Gasteiger charge is 1.90. The van der Waals surface area contributed by atoms with E-state index in [1.54, 1.807) is 6.08 Å². The molecule has 0 atom stereocenters. The maximum absolute atomic E-state index is 10.6. The number of hydrogen-bond acceptors (Lipinski definition) is 2. The molecule has 0 saturated carbocycles. The normalized spacial score (nSPS) is 10.3. The van der Waals surface area contributed by atoms with Gasteiger partial charge in [0.2, 0.25) is 0 Å². The number of amides is 1. The van der Waals surface area contributed by atoms with E-state index in [4.69, 9.17) is 5.21 Å². The Morgan fingerprint density at radius 3 is 2.54 bits per heavy atom. The number of hydroxylamine groups is 1. The standard InChI is InChI=1S/C10H10NO2/c1-8-2-4-9(5-3-8)6-7-10(12)11-13/h2-7,13H,1H2,(H,11,12)/b7-6+. The van der Waals surface area contributed by atoms with Crippen molar-refractivity contribution >= 4 is 12.0 Å². The summed E-state index contributed by atoms with van der Waals surface area (Å²) in [5.74, 6) is -0.543. The van der Waals surface area contributed by atoms with E-state index in [1.807, 2.05) is 24.3 Å². The van der Waals surface area contributed by atoms with Crippen LogP contribution in [0.25, 0.3) is 6.08 Å². The van der Waals surface area contributed by atoms with Gasteiger partial charge < -0.3 is 0 Å². The van der Waals surface area contributed by atoms with Crippen molar-refractivity contribution in [3.8, 4) is 0 Å². The van der Waals surface area contributed by atoms with E-state index in [0.29, 0.717) is 0 Å². The Hall–Kier alpha value is -1.61. The third kappa shape index (κ3) is 3.09. The fraction of sp³-hybridized carbons (Fsp3) is 0. The fourth-order valence-electron chi connectivity index (χ4n) is 0.838. The lowest BCUT2D eigenvalue weighted by Crippen LogP contribution is -2.14. The summed E-state index contributed by atoms with van der Waals surface area (Å²) in [5, 5.41) is 8.20. The van der Waals surface area contributed by atoms with Gasteiger partial charge in [-0.15, -0.1) is 0 Å². The molecule has 0 aliphatic heterocycles. The van der Waals surface area contributed by atoms with Crippen molar-refractivity contribution in [1.29, 1.82) is 0 Å². The summed E-state index contributed by atoms with van der Waals surface area (Å²) in [6.45, 7) is 3.73. The molecule has 3 heteroatoms. The van der Waals surface area contributed by atoms with E-state index in [9.17, 15) is 4.79 Å². The predicted molar refractivity (Wildman–Crippen MR) is 49.9 cm³/mol. The van der Waals surface area contributed by atoms with Gasteiger partial charge in [0, 0.05) is 6.08 Å². The molecular formula is C10H10NO2. The quantitative estimate of drug-likeness (QED) is 0.406. The first-order chi connectivity index (χ1) is 6.22. The molecule has 1 aromatic rings. The third-order valence-electron chi connectivity index (χ3n) is 1.52. The molecule has 0 fully saturated rings. The van der Waals surface area contributed by atoms with E-state index in [0.717, 1.165) is 11.1 Å². The van der Waals surface area contributed by atoms with Crippen LogP contribution in [0.2, 0.25) is 0 Å². The maximum Gasteiger partial charge on any atom is 0.267 e. The number of nitrogens with one attached hydrogen (secondary N) is 1. The number of carbonyl (C=O) groups is 1. The average molecular weight is 176 g/mol. The molecule has 0 saturated heterocycles. The van der Waals surface area contributed by atoms with Crippen molar-refractivity contribution in [3.63, 3.8) is 0 Å². The Balaban J connectivity index is 2.69. The van der Waals surface area contributed by atoms with E-state index in [1.165, 1.54) is 11.6 Å². The van der Waals surface area contributed by atoms with Gasteiger partial charge in [-0.3, -0.25) is 10.0 Å². The van der Waals surface area contributed by atoms with Crippen LogP contribution in [-0.2, 0) is 4.79 Å². The lowest BCUT2D eigenvalue weighted by molar-refractivity contribution is -0.124. The average Bonchev–Trinajstić information content (AvgIpc) is 2.16. The van der Waals surface area contributed by atoms with Gasteiger partial charge in [0.15, 0.2) is 0 Å². The molecule has 0 heterocycles. The van der Waals surface area contributed by atoms with Gasteiger partial charge in [0.25, 0.3) is 5.91 Å². The molecule has 0 unspecified atom stereocenters. The summed E-state index contributed by atoms with van der Waals surface area (Å²) in [6.07, 6.45) is 2.85. The summed E-state index contributed by atoms with van der Waals surface area (Å²) in [6, 6.07) is 7.36. The first kappa shape index (κ1) is 9.48. The van der Waals surface area contributed by atoms with Gasteiger partial charge in [0.05, 0.1) is 0 Å². The van der Waals surface area contributed by atoms with Crippen LogP contribution in [0.1, 0.15) is 11.1 Å². The summed E-state index contributed by atoms with van der Waals surface area (Å²) in [5.41, 5.74) is 3.31. The molecule has 0 aromatic heterocycles. The predicted octanol–water partition coefficient (Wildman–Crippen LogP) is 1.39. The summed E-state index contributed by atoms with van der Waals surface area (Å²) in [7, 11) is 0. The van der Waals surface area contributed by atoms with Gasteiger partial charge >= 0.3 is 0 Å². The smallest absolute Gasteiger partial charge is 0.267 e. The molecule has 1 radical (unpaired) electrons. The highest BCUT2D eigenvalue weighted by molar-refractivity contribution is 5.90. The van der Waals surface area contributed by atoms with Crippen LogP contribution in [0.15, 0.2) is 30.3 Å². The van der Waals surface area contributed by atoms with Crippen LogP contribution in [0.5, 0.6) is 0 Å². The Morgan fingerprint density at radius 1 is 1.38 bits per heavy atom. The molecule has 0 aliphatic rings. The minimum atomic E-state index is -0.543. The molecule has 1 rings (SSSR count). The van der Waals surface area contributed by atoms with E-state index in [2.05, 4.69) is 6.92 Å². The molecule has 13 heavy (non-hydrogen) atoms. The summed E-state index contributed by atoms with van der Waals surface area (Å²) < 4.78 is 0. The zero-order chi connectivity index (χ0) is 9.68. The van der Waals surface area contributed by atoms with Gasteiger partial charge in [-0.2, -0.15) is 0 Å². The minimum absolute atomic E-state index is 0.543. The molecule has 0 spiro atoms. The van der Waals surface area contributed by atoms with Crippen LogP contribution in [-0.4, -0.2) is 11.1 Å². The zero-order valence-electron chi connectivity index (χ0n) is 7.03. The van der Waals surface area contributed by atoms with Gasteiger partial charge in [-0.1, -0.05) is 24.3 Å². The van der Waals surface area contributed by atoms with Crippen molar-refractivity contribution in [2.45, 2.75) is 0 Å². The minimum Gasteiger partial charge on any atom is -0.288 e. The third-order valence-corrected chi connectivity index (χ3v) is 1.52. The monoisotopic (exact) mass is 176 g/mol. The van der Waals surface area contributed by atoms with E-state index < -0.39 is 5.91 Å². The first-order valence-corrected chi connectivity index (χ1v) is 3.76. The van der Waals surface area contributed by atoms with E-state index in [-0.39, 0.29) is 0 Å². The van der Waals surface area contributed by atoms with Crippen molar-refractivity contribution in [2.75, 3.05) is 0 Å². The number of carbonyl (C=O) groups excluding carboxylic acids is 1. The highest BCUT2D eigenvalue weighted by atomic mass is 16.5. The van der Waals surface area contributed by atoms with Crippen LogP contribution in [0, 0.1) is 6.92 Å². The molecule has 67 valence electrons. The van der Waals surface area contributed by atoms with Gasteiger partial charge in [-0.05, 0) is 24.1 Å². The molecule has 0 aliphatic carbocycles. The van der Waals surface area contributed by atoms with Gasteiger partial charge in [-0.25, -0.2) is 5.48 Å². The number of rotatable bonds is 2. The second kappa shape index (κ2) is 4.42. The second-order valence-electron chi connectivity index (χ2n) is 2.55. The topological polar surface area (TPSA) is 49.3 Å². The zero-order valence-corrected chi connectivity index (χ0v) is 7.03. The van der Waals surface area contributed by atoms with Crippen molar-refractivity contribution in [2.24, 2.45) is 0 Å². The molecule has 3 nitrogen and oxygen atoms in total. The first-order valence-electron chi connectivity index (χ1n) is 3.76. The van der Waals surface area contributed by atoms with Crippen molar-refractivity contribution in [1.82, 2.24) is 5.48 Å². The van der Waals surface area contributed by atoms with Crippen LogP contribution in [0.3, 0.4) is 0 Å². The molecular weight excluding hydrogens is 166 g/mol. The van der Waals surface area contributed by atoms with Crippen LogP contribution >= 0.6 is 0 Å². The Kier molecular flexibility index (Phi) is 3.23. The number of hydrogen-bond donors (Lipinski definition) is 2. The lowest BCUT2D eigenvalue weighted by atomic mass is 10.1. The largest absolute Gasteiger partial charge is 0.288 e. The Morgan fingerprint density at radius 2 is 2.00 bits per heavy atom. The second-order valence-corrected chi connectivity index (χ2v) is 2.55. The Bertz CT molecular complexity index is 314. The van der Waals surface area contributed by atoms with Crippen LogP contribution < -0.4 is 5.48 Å². The van der Waals surface area contributed by atoms with Gasteiger partial charge in [0.1, 0.15) is 0 Å². The molecule has 1 aromatic carbocycles. The van der Waals surface area contributed by atoms with Crippen LogP contribution in [0.4, 0.5) is 0 Å². The Labute approximate surface area is 76.7 Å². The number of benzene rings is 1. The molecule has 2 N–H and O–H groups in total. The molecule has 0 bridgehead atoms. The van der Waals surface area contributed by atoms with Crippen molar-refractivity contribution in [3.05, 3.63) is 48.4 Å². The summed E-state index contributed by atoms with van der Waals surface area (Å²) in [4.78, 5) is 10.6. The highest BCUT2D eigenvalue weighted by Crippen LogP contribution is 2.04. The maximum atomic E-state index is 10.6. The molecule has 1 amide bonds. The fourth-order valence-corrected chi connectivity index (χ4v) is 0.838.